The maximum Gasteiger partial charge on any atom is 0.321 e. The van der Waals surface area contributed by atoms with Gasteiger partial charge >= 0.3 is 5.97 Å². The fourth-order valence-corrected chi connectivity index (χ4v) is 3.36. The Labute approximate surface area is 113 Å². The third-order valence-electron chi connectivity index (χ3n) is 3.13. The molecule has 0 radical (unpaired) electrons. The molecule has 0 aliphatic rings. The van der Waals surface area contributed by atoms with E-state index in [1.165, 1.54) is 0 Å². The zero-order chi connectivity index (χ0) is 14.6. The van der Waals surface area contributed by atoms with Gasteiger partial charge in [-0.05, 0) is 25.8 Å². The molecule has 0 fully saturated rings. The first kappa shape index (κ1) is 15.7. The third kappa shape index (κ3) is 3.79. The summed E-state index contributed by atoms with van der Waals surface area (Å²) in [6.45, 7) is 5.55. The van der Waals surface area contributed by atoms with E-state index < -0.39 is 21.1 Å². The van der Waals surface area contributed by atoms with Crippen LogP contribution in [-0.2, 0) is 20.4 Å². The van der Waals surface area contributed by atoms with Gasteiger partial charge in [0.25, 0.3) is 0 Å². The minimum absolute atomic E-state index is 0.0593. The molecule has 0 aliphatic heterocycles. The van der Waals surface area contributed by atoms with Gasteiger partial charge in [-0.25, -0.2) is 8.42 Å². The van der Waals surface area contributed by atoms with Crippen LogP contribution in [0.2, 0.25) is 0 Å². The normalized spacial score (nSPS) is 15.1. The van der Waals surface area contributed by atoms with Crippen LogP contribution in [0.3, 0.4) is 0 Å². The molecule has 0 spiro atoms. The predicted octanol–water partition coefficient (Wildman–Crippen LogP) is 1.63. The molecule has 0 aliphatic carbocycles. The SMILES string of the molecule is CCC(C)n1ccc(CS(=O)(=O)C(CC)C(=O)O)n1. The van der Waals surface area contributed by atoms with Crippen LogP contribution in [-0.4, -0.2) is 34.5 Å². The van der Waals surface area contributed by atoms with Crippen molar-refractivity contribution < 1.29 is 18.3 Å². The number of aliphatic carboxylic acids is 1. The van der Waals surface area contributed by atoms with Crippen molar-refractivity contribution in [3.63, 3.8) is 0 Å². The summed E-state index contributed by atoms with van der Waals surface area (Å²) >= 11 is 0. The van der Waals surface area contributed by atoms with Crippen LogP contribution in [0.5, 0.6) is 0 Å². The van der Waals surface area contributed by atoms with E-state index in [2.05, 4.69) is 5.10 Å². The summed E-state index contributed by atoms with van der Waals surface area (Å²) in [5, 5.41) is 11.7. The van der Waals surface area contributed by atoms with Crippen molar-refractivity contribution in [2.45, 2.75) is 50.7 Å². The van der Waals surface area contributed by atoms with Crippen LogP contribution in [0.4, 0.5) is 0 Å². The molecule has 19 heavy (non-hydrogen) atoms. The van der Waals surface area contributed by atoms with Gasteiger partial charge in [0.15, 0.2) is 15.1 Å². The lowest BCUT2D eigenvalue weighted by molar-refractivity contribution is -0.136. The van der Waals surface area contributed by atoms with Crippen molar-refractivity contribution in [3.05, 3.63) is 18.0 Å². The first-order valence-corrected chi connectivity index (χ1v) is 8.01. The molecular weight excluding hydrogens is 268 g/mol. The first-order chi connectivity index (χ1) is 8.81. The standard InChI is InChI=1S/C12H20N2O4S/c1-4-9(3)14-7-6-10(13-14)8-19(17,18)11(5-2)12(15)16/h6-7,9,11H,4-5,8H2,1-3H3,(H,15,16). The Morgan fingerprint density at radius 2 is 2.05 bits per heavy atom. The van der Waals surface area contributed by atoms with E-state index >= 15 is 0 Å². The van der Waals surface area contributed by atoms with Crippen molar-refractivity contribution in [1.29, 1.82) is 0 Å². The fourth-order valence-electron chi connectivity index (χ4n) is 1.78. The van der Waals surface area contributed by atoms with Crippen LogP contribution in [0.1, 0.15) is 45.3 Å². The molecule has 108 valence electrons. The molecule has 0 saturated heterocycles. The molecule has 6 nitrogen and oxygen atoms in total. The second-order valence-electron chi connectivity index (χ2n) is 4.59. The molecule has 1 aromatic heterocycles. The Morgan fingerprint density at radius 3 is 2.53 bits per heavy atom. The Morgan fingerprint density at radius 1 is 1.42 bits per heavy atom. The van der Waals surface area contributed by atoms with E-state index in [0.29, 0.717) is 5.69 Å². The van der Waals surface area contributed by atoms with Crippen molar-refractivity contribution in [2.75, 3.05) is 0 Å². The van der Waals surface area contributed by atoms with Gasteiger partial charge in [-0.3, -0.25) is 9.48 Å². The summed E-state index contributed by atoms with van der Waals surface area (Å²) in [6, 6.07) is 1.82. The van der Waals surface area contributed by atoms with Gasteiger partial charge < -0.3 is 5.11 Å². The molecule has 1 N–H and O–H groups in total. The molecule has 1 rings (SSSR count). The summed E-state index contributed by atoms with van der Waals surface area (Å²) in [4.78, 5) is 10.9. The highest BCUT2D eigenvalue weighted by Gasteiger charge is 2.31. The second-order valence-corrected chi connectivity index (χ2v) is 6.77. The zero-order valence-corrected chi connectivity index (χ0v) is 12.2. The number of hydrogen-bond acceptors (Lipinski definition) is 4. The number of carbonyl (C=O) groups is 1. The minimum Gasteiger partial charge on any atom is -0.480 e. The number of hydrogen-bond donors (Lipinski definition) is 1. The molecule has 0 amide bonds. The Balaban J connectivity index is 2.89. The van der Waals surface area contributed by atoms with Gasteiger partial charge in [-0.2, -0.15) is 5.10 Å². The summed E-state index contributed by atoms with van der Waals surface area (Å²) in [6.07, 6.45) is 2.67. The van der Waals surface area contributed by atoms with E-state index in [1.54, 1.807) is 23.9 Å². The lowest BCUT2D eigenvalue weighted by atomic mass is 10.3. The highest BCUT2D eigenvalue weighted by atomic mass is 32.2. The van der Waals surface area contributed by atoms with Gasteiger partial charge in [0, 0.05) is 12.2 Å². The summed E-state index contributed by atoms with van der Waals surface area (Å²) in [5.41, 5.74) is 0.389. The molecule has 1 aromatic rings. The predicted molar refractivity (Wildman–Crippen MR) is 71.6 cm³/mol. The largest absolute Gasteiger partial charge is 0.480 e. The lowest BCUT2D eigenvalue weighted by Gasteiger charge is -2.10. The van der Waals surface area contributed by atoms with Crippen LogP contribution < -0.4 is 0 Å². The summed E-state index contributed by atoms with van der Waals surface area (Å²) < 4.78 is 25.7. The summed E-state index contributed by atoms with van der Waals surface area (Å²) in [7, 11) is -3.72. The van der Waals surface area contributed by atoms with E-state index in [9.17, 15) is 13.2 Å². The smallest absolute Gasteiger partial charge is 0.321 e. The highest BCUT2D eigenvalue weighted by Crippen LogP contribution is 2.15. The summed E-state index contributed by atoms with van der Waals surface area (Å²) in [5.74, 6) is -1.63. The average Bonchev–Trinajstić information content (AvgIpc) is 2.75. The molecule has 0 bridgehead atoms. The Bertz CT molecular complexity index is 536. The topological polar surface area (TPSA) is 89.3 Å². The van der Waals surface area contributed by atoms with Crippen molar-refractivity contribution in [1.82, 2.24) is 9.78 Å². The second kappa shape index (κ2) is 6.18. The molecule has 7 heteroatoms. The third-order valence-corrected chi connectivity index (χ3v) is 5.23. The van der Waals surface area contributed by atoms with Gasteiger partial charge in [-0.15, -0.1) is 0 Å². The zero-order valence-electron chi connectivity index (χ0n) is 11.4. The van der Waals surface area contributed by atoms with E-state index in [0.717, 1.165) is 6.42 Å². The van der Waals surface area contributed by atoms with Gasteiger partial charge in [0.2, 0.25) is 0 Å². The number of sulfone groups is 1. The molecule has 1 heterocycles. The van der Waals surface area contributed by atoms with Crippen LogP contribution in [0.25, 0.3) is 0 Å². The van der Waals surface area contributed by atoms with Gasteiger partial charge in [0.05, 0.1) is 11.4 Å². The van der Waals surface area contributed by atoms with Crippen LogP contribution in [0.15, 0.2) is 12.3 Å². The number of carboxylic acid groups (broad SMARTS) is 1. The van der Waals surface area contributed by atoms with E-state index in [1.807, 2.05) is 13.8 Å². The van der Waals surface area contributed by atoms with Crippen LogP contribution >= 0.6 is 0 Å². The molecule has 2 unspecified atom stereocenters. The maximum atomic E-state index is 12.0. The molecule has 0 aromatic carbocycles. The Hall–Kier alpha value is -1.37. The maximum absolute atomic E-state index is 12.0. The van der Waals surface area contributed by atoms with E-state index in [4.69, 9.17) is 5.11 Å². The first-order valence-electron chi connectivity index (χ1n) is 6.30. The minimum atomic E-state index is -3.72. The average molecular weight is 288 g/mol. The molecular formula is C12H20N2O4S. The Kier molecular flexibility index (Phi) is 5.11. The van der Waals surface area contributed by atoms with Gasteiger partial charge in [0.1, 0.15) is 0 Å². The number of carboxylic acids is 1. The number of nitrogens with zero attached hydrogens (tertiary/aromatic N) is 2. The number of rotatable bonds is 7. The van der Waals surface area contributed by atoms with E-state index in [-0.39, 0.29) is 18.2 Å². The van der Waals surface area contributed by atoms with Crippen LogP contribution in [0, 0.1) is 0 Å². The fraction of sp³-hybridized carbons (Fsp3) is 0.667. The molecule has 0 saturated carbocycles. The monoisotopic (exact) mass is 288 g/mol. The lowest BCUT2D eigenvalue weighted by Crippen LogP contribution is -2.30. The van der Waals surface area contributed by atoms with Crippen molar-refractivity contribution in [3.8, 4) is 0 Å². The number of aromatic nitrogens is 2. The molecule has 2 atom stereocenters. The van der Waals surface area contributed by atoms with Crippen molar-refractivity contribution >= 4 is 15.8 Å². The highest BCUT2D eigenvalue weighted by molar-refractivity contribution is 7.92. The quantitative estimate of drug-likeness (QED) is 0.823. The van der Waals surface area contributed by atoms with Crippen molar-refractivity contribution in [2.24, 2.45) is 0 Å². The van der Waals surface area contributed by atoms with Gasteiger partial charge in [-0.1, -0.05) is 13.8 Å².